The standard InChI is InChI=1S/C28H35NO/c1-22(21-30-26-17-15-25(16-18-26)28(2,3)4)29-20-19-27(23-11-7-5-8-12-23)24-13-9-6-10-14-24/h5-18,22,27,29H,19-21H2,1-4H3/t22-/m0/s1. The van der Waals surface area contributed by atoms with Gasteiger partial charge < -0.3 is 10.1 Å². The van der Waals surface area contributed by atoms with E-state index < -0.39 is 0 Å². The molecular weight excluding hydrogens is 366 g/mol. The van der Waals surface area contributed by atoms with E-state index in [0.717, 1.165) is 18.7 Å². The van der Waals surface area contributed by atoms with E-state index in [1.165, 1.54) is 16.7 Å². The van der Waals surface area contributed by atoms with Gasteiger partial charge in [0, 0.05) is 12.0 Å². The van der Waals surface area contributed by atoms with Crippen LogP contribution in [0.5, 0.6) is 5.75 Å². The summed E-state index contributed by atoms with van der Waals surface area (Å²) in [7, 11) is 0. The fourth-order valence-corrected chi connectivity index (χ4v) is 3.70. The van der Waals surface area contributed by atoms with Gasteiger partial charge in [-0.25, -0.2) is 0 Å². The molecule has 0 unspecified atom stereocenters. The van der Waals surface area contributed by atoms with Crippen molar-refractivity contribution in [3.63, 3.8) is 0 Å². The highest BCUT2D eigenvalue weighted by molar-refractivity contribution is 5.32. The molecule has 0 radical (unpaired) electrons. The van der Waals surface area contributed by atoms with E-state index in [1.54, 1.807) is 0 Å². The molecule has 3 aromatic carbocycles. The molecule has 0 aliphatic rings. The van der Waals surface area contributed by atoms with Crippen LogP contribution in [0.3, 0.4) is 0 Å². The van der Waals surface area contributed by atoms with Crippen LogP contribution in [-0.4, -0.2) is 19.2 Å². The summed E-state index contributed by atoms with van der Waals surface area (Å²) in [4.78, 5) is 0. The second-order valence-electron chi connectivity index (χ2n) is 9.10. The average Bonchev–Trinajstić information content (AvgIpc) is 2.76. The number of ether oxygens (including phenoxy) is 1. The van der Waals surface area contributed by atoms with Gasteiger partial charge in [0.2, 0.25) is 0 Å². The Morgan fingerprint density at radius 2 is 1.30 bits per heavy atom. The molecule has 0 saturated heterocycles. The third-order valence-electron chi connectivity index (χ3n) is 5.55. The Hall–Kier alpha value is -2.58. The molecule has 0 bridgehead atoms. The zero-order valence-corrected chi connectivity index (χ0v) is 18.8. The molecule has 3 rings (SSSR count). The first kappa shape index (κ1) is 22.1. The zero-order chi connectivity index (χ0) is 21.4. The summed E-state index contributed by atoms with van der Waals surface area (Å²) < 4.78 is 6.00. The minimum atomic E-state index is 0.168. The molecular formula is C28H35NO. The van der Waals surface area contributed by atoms with Crippen LogP contribution >= 0.6 is 0 Å². The lowest BCUT2D eigenvalue weighted by Gasteiger charge is -2.21. The highest BCUT2D eigenvalue weighted by atomic mass is 16.5. The molecule has 1 N–H and O–H groups in total. The molecule has 0 aliphatic heterocycles. The van der Waals surface area contributed by atoms with Crippen molar-refractivity contribution in [2.45, 2.75) is 51.5 Å². The minimum absolute atomic E-state index is 0.168. The maximum atomic E-state index is 6.00. The molecule has 2 nitrogen and oxygen atoms in total. The number of hydrogen-bond acceptors (Lipinski definition) is 2. The maximum absolute atomic E-state index is 6.00. The lowest BCUT2D eigenvalue weighted by Crippen LogP contribution is -2.33. The van der Waals surface area contributed by atoms with Crippen molar-refractivity contribution < 1.29 is 4.74 Å². The molecule has 0 aromatic heterocycles. The van der Waals surface area contributed by atoms with Crippen LogP contribution in [0.15, 0.2) is 84.9 Å². The van der Waals surface area contributed by atoms with Crippen LogP contribution in [0.1, 0.15) is 56.7 Å². The molecule has 0 amide bonds. The summed E-state index contributed by atoms with van der Waals surface area (Å²) in [5.74, 6) is 1.33. The Morgan fingerprint density at radius 1 is 0.767 bits per heavy atom. The Balaban J connectivity index is 1.50. The Morgan fingerprint density at radius 3 is 1.80 bits per heavy atom. The first-order valence-electron chi connectivity index (χ1n) is 11.0. The highest BCUT2D eigenvalue weighted by Gasteiger charge is 2.15. The van der Waals surface area contributed by atoms with Crippen molar-refractivity contribution in [2.24, 2.45) is 0 Å². The van der Waals surface area contributed by atoms with Crippen molar-refractivity contribution in [1.29, 1.82) is 0 Å². The van der Waals surface area contributed by atoms with Crippen LogP contribution in [-0.2, 0) is 5.41 Å². The fraction of sp³-hybridized carbons (Fsp3) is 0.357. The van der Waals surface area contributed by atoms with Gasteiger partial charge in [-0.2, -0.15) is 0 Å². The summed E-state index contributed by atoms with van der Waals surface area (Å²) in [6, 6.07) is 30.3. The lowest BCUT2D eigenvalue weighted by molar-refractivity contribution is 0.272. The molecule has 3 aromatic rings. The van der Waals surface area contributed by atoms with Gasteiger partial charge >= 0.3 is 0 Å². The van der Waals surface area contributed by atoms with Crippen LogP contribution in [0.2, 0.25) is 0 Å². The third-order valence-corrected chi connectivity index (χ3v) is 5.55. The molecule has 30 heavy (non-hydrogen) atoms. The molecule has 0 saturated carbocycles. The van der Waals surface area contributed by atoms with Crippen LogP contribution in [0.4, 0.5) is 0 Å². The minimum Gasteiger partial charge on any atom is -0.492 e. The first-order valence-corrected chi connectivity index (χ1v) is 11.0. The Bertz CT molecular complexity index is 827. The van der Waals surface area contributed by atoms with E-state index in [4.69, 9.17) is 4.74 Å². The summed E-state index contributed by atoms with van der Waals surface area (Å²) in [5.41, 5.74) is 4.23. The third kappa shape index (κ3) is 6.47. The van der Waals surface area contributed by atoms with Gasteiger partial charge in [-0.3, -0.25) is 0 Å². The second kappa shape index (κ2) is 10.4. The number of benzene rings is 3. The average molecular weight is 402 g/mol. The van der Waals surface area contributed by atoms with Crippen molar-refractivity contribution in [1.82, 2.24) is 5.32 Å². The summed E-state index contributed by atoms with van der Waals surface area (Å²) in [6.45, 7) is 10.5. The quantitative estimate of drug-likeness (QED) is 0.438. The fourth-order valence-electron chi connectivity index (χ4n) is 3.70. The Labute approximate surface area is 182 Å². The largest absolute Gasteiger partial charge is 0.492 e. The van der Waals surface area contributed by atoms with E-state index in [0.29, 0.717) is 18.6 Å². The van der Waals surface area contributed by atoms with Crippen LogP contribution in [0.25, 0.3) is 0 Å². The molecule has 0 fully saturated rings. The predicted molar refractivity (Wildman–Crippen MR) is 127 cm³/mol. The number of hydrogen-bond donors (Lipinski definition) is 1. The number of nitrogens with one attached hydrogen (secondary N) is 1. The van der Waals surface area contributed by atoms with Gasteiger partial charge in [0.05, 0.1) is 0 Å². The lowest BCUT2D eigenvalue weighted by atomic mass is 9.87. The van der Waals surface area contributed by atoms with Crippen molar-refractivity contribution in [3.8, 4) is 5.75 Å². The molecule has 0 heterocycles. The first-order chi connectivity index (χ1) is 14.4. The number of rotatable bonds is 9. The second-order valence-corrected chi connectivity index (χ2v) is 9.10. The van der Waals surface area contributed by atoms with Crippen molar-refractivity contribution >= 4 is 0 Å². The van der Waals surface area contributed by atoms with Crippen LogP contribution in [0, 0.1) is 0 Å². The van der Waals surface area contributed by atoms with Gasteiger partial charge in [0.25, 0.3) is 0 Å². The summed E-state index contributed by atoms with van der Waals surface area (Å²) in [6.07, 6.45) is 1.05. The Kier molecular flexibility index (Phi) is 7.70. The molecule has 2 heteroatoms. The topological polar surface area (TPSA) is 21.3 Å². The maximum Gasteiger partial charge on any atom is 0.119 e. The normalized spacial score (nSPS) is 12.7. The predicted octanol–water partition coefficient (Wildman–Crippen LogP) is 6.56. The zero-order valence-electron chi connectivity index (χ0n) is 18.8. The SMILES string of the molecule is C[C@@H](COc1ccc(C(C)(C)C)cc1)NCCC(c1ccccc1)c1ccccc1. The van der Waals surface area contributed by atoms with Gasteiger partial charge in [0.15, 0.2) is 0 Å². The summed E-state index contributed by atoms with van der Waals surface area (Å²) >= 11 is 0. The summed E-state index contributed by atoms with van der Waals surface area (Å²) in [5, 5.41) is 3.63. The van der Waals surface area contributed by atoms with Gasteiger partial charge in [0.1, 0.15) is 12.4 Å². The molecule has 1 atom stereocenters. The van der Waals surface area contributed by atoms with Gasteiger partial charge in [-0.05, 0) is 54.1 Å². The monoisotopic (exact) mass is 401 g/mol. The van der Waals surface area contributed by atoms with E-state index in [-0.39, 0.29) is 5.41 Å². The van der Waals surface area contributed by atoms with Crippen molar-refractivity contribution in [2.75, 3.05) is 13.2 Å². The van der Waals surface area contributed by atoms with E-state index in [2.05, 4.69) is 118 Å². The smallest absolute Gasteiger partial charge is 0.119 e. The van der Waals surface area contributed by atoms with Crippen LogP contribution < -0.4 is 10.1 Å². The molecule has 0 spiro atoms. The van der Waals surface area contributed by atoms with E-state index in [1.807, 2.05) is 0 Å². The molecule has 0 aliphatic carbocycles. The highest BCUT2D eigenvalue weighted by Crippen LogP contribution is 2.27. The molecule has 158 valence electrons. The van der Waals surface area contributed by atoms with E-state index >= 15 is 0 Å². The van der Waals surface area contributed by atoms with E-state index in [9.17, 15) is 0 Å². The van der Waals surface area contributed by atoms with Gasteiger partial charge in [-0.15, -0.1) is 0 Å². The van der Waals surface area contributed by atoms with Gasteiger partial charge in [-0.1, -0.05) is 93.6 Å². The van der Waals surface area contributed by atoms with Crippen molar-refractivity contribution in [3.05, 3.63) is 102 Å².